The van der Waals surface area contributed by atoms with Gasteiger partial charge in [-0.2, -0.15) is 16.5 Å². The number of sulfonamides is 1. The molecule has 2 rings (SSSR count). The predicted molar refractivity (Wildman–Crippen MR) is 108 cm³/mol. The van der Waals surface area contributed by atoms with Crippen LogP contribution >= 0.6 is 11.8 Å². The maximum absolute atomic E-state index is 13.9. The second kappa shape index (κ2) is 10.6. The van der Waals surface area contributed by atoms with Crippen molar-refractivity contribution < 1.29 is 22.0 Å². The van der Waals surface area contributed by atoms with Crippen LogP contribution in [0.3, 0.4) is 0 Å². The fraction of sp³-hybridized carbons (Fsp3) is 0.421. The average molecular weight is 429 g/mol. The van der Waals surface area contributed by atoms with Crippen LogP contribution in [0.15, 0.2) is 52.0 Å². The molecule has 2 atom stereocenters. The standard InChI is InChI=1S/C19H25FN2O4S2/c1-14(9-10-15-6-5-12-26-15)21-19(23)17(11-13-27-2)22-28(24,25)18-8-4-3-7-16(18)20/h3-8,12,14,17,22H,9-11,13H2,1-2H3,(H,21,23). The molecule has 0 fully saturated rings. The minimum atomic E-state index is -4.16. The Balaban J connectivity index is 2.02. The molecule has 0 spiro atoms. The summed E-state index contributed by atoms with van der Waals surface area (Å²) in [5, 5.41) is 2.83. The topological polar surface area (TPSA) is 88.4 Å². The molecule has 2 unspecified atom stereocenters. The van der Waals surface area contributed by atoms with Crippen LogP contribution in [-0.2, 0) is 21.2 Å². The van der Waals surface area contributed by atoms with Gasteiger partial charge in [-0.3, -0.25) is 4.79 Å². The number of hydrogen-bond acceptors (Lipinski definition) is 5. The number of furan rings is 1. The lowest BCUT2D eigenvalue weighted by molar-refractivity contribution is -0.123. The van der Waals surface area contributed by atoms with Crippen molar-refractivity contribution in [3.05, 3.63) is 54.2 Å². The van der Waals surface area contributed by atoms with Gasteiger partial charge < -0.3 is 9.73 Å². The molecule has 0 saturated heterocycles. The maximum atomic E-state index is 13.9. The maximum Gasteiger partial charge on any atom is 0.244 e. The van der Waals surface area contributed by atoms with Crippen molar-refractivity contribution >= 4 is 27.7 Å². The average Bonchev–Trinajstić information content (AvgIpc) is 3.17. The fourth-order valence-electron chi connectivity index (χ4n) is 2.62. The Hall–Kier alpha value is -1.84. The Morgan fingerprint density at radius 3 is 2.61 bits per heavy atom. The first-order valence-corrected chi connectivity index (χ1v) is 11.8. The SMILES string of the molecule is CSCCC(NS(=O)(=O)c1ccccc1F)C(=O)NC(C)CCc1ccco1. The summed E-state index contributed by atoms with van der Waals surface area (Å²) in [6, 6.07) is 7.59. The van der Waals surface area contributed by atoms with Gasteiger partial charge in [0.1, 0.15) is 22.5 Å². The lowest BCUT2D eigenvalue weighted by Crippen LogP contribution is -2.49. The zero-order valence-corrected chi connectivity index (χ0v) is 17.5. The fourth-order valence-corrected chi connectivity index (χ4v) is 4.40. The van der Waals surface area contributed by atoms with Crippen LogP contribution in [0, 0.1) is 5.82 Å². The first-order chi connectivity index (χ1) is 13.3. The summed E-state index contributed by atoms with van der Waals surface area (Å²) in [4.78, 5) is 12.2. The Bertz CT molecular complexity index is 857. The summed E-state index contributed by atoms with van der Waals surface area (Å²) in [6.45, 7) is 1.85. The summed E-state index contributed by atoms with van der Waals surface area (Å²) in [7, 11) is -4.16. The van der Waals surface area contributed by atoms with Crippen LogP contribution < -0.4 is 10.0 Å². The number of thioether (sulfide) groups is 1. The number of aryl methyl sites for hydroxylation is 1. The molecular formula is C19H25FN2O4S2. The number of carbonyl (C=O) groups is 1. The van der Waals surface area contributed by atoms with E-state index in [1.54, 1.807) is 12.3 Å². The predicted octanol–water partition coefficient (Wildman–Crippen LogP) is 2.96. The molecule has 9 heteroatoms. The van der Waals surface area contributed by atoms with Crippen molar-refractivity contribution in [1.82, 2.24) is 10.0 Å². The smallest absolute Gasteiger partial charge is 0.244 e. The van der Waals surface area contributed by atoms with Gasteiger partial charge in [0.05, 0.1) is 6.26 Å². The Labute approximate surface area is 169 Å². The zero-order chi connectivity index (χ0) is 20.6. The first kappa shape index (κ1) is 22.4. The lowest BCUT2D eigenvalue weighted by atomic mass is 10.1. The summed E-state index contributed by atoms with van der Waals surface area (Å²) in [5.41, 5.74) is 0. The summed E-state index contributed by atoms with van der Waals surface area (Å²) < 4.78 is 46.6. The zero-order valence-electron chi connectivity index (χ0n) is 15.9. The highest BCUT2D eigenvalue weighted by Crippen LogP contribution is 2.15. The largest absolute Gasteiger partial charge is 0.469 e. The highest BCUT2D eigenvalue weighted by molar-refractivity contribution is 7.98. The van der Waals surface area contributed by atoms with E-state index in [1.165, 1.54) is 30.0 Å². The second-order valence-corrected chi connectivity index (χ2v) is 9.08. The molecule has 1 amide bonds. The summed E-state index contributed by atoms with van der Waals surface area (Å²) in [5.74, 6) is 0.116. The molecule has 6 nitrogen and oxygen atoms in total. The molecule has 1 aromatic carbocycles. The van der Waals surface area contributed by atoms with Crippen molar-refractivity contribution in [3.63, 3.8) is 0 Å². The quantitative estimate of drug-likeness (QED) is 0.575. The molecule has 28 heavy (non-hydrogen) atoms. The number of carbonyl (C=O) groups excluding carboxylic acids is 1. The van der Waals surface area contributed by atoms with E-state index < -0.39 is 32.7 Å². The van der Waals surface area contributed by atoms with E-state index in [9.17, 15) is 17.6 Å². The van der Waals surface area contributed by atoms with E-state index in [4.69, 9.17) is 4.42 Å². The summed E-state index contributed by atoms with van der Waals surface area (Å²) in [6.07, 6.45) is 5.06. The van der Waals surface area contributed by atoms with Gasteiger partial charge in [-0.05, 0) is 56.0 Å². The highest BCUT2D eigenvalue weighted by atomic mass is 32.2. The normalized spacial score (nSPS) is 13.8. The molecular weight excluding hydrogens is 403 g/mol. The van der Waals surface area contributed by atoms with Crippen molar-refractivity contribution in [2.75, 3.05) is 12.0 Å². The summed E-state index contributed by atoms with van der Waals surface area (Å²) >= 11 is 1.50. The monoisotopic (exact) mass is 428 g/mol. The van der Waals surface area contributed by atoms with Crippen LogP contribution in [0.5, 0.6) is 0 Å². The molecule has 0 radical (unpaired) electrons. The van der Waals surface area contributed by atoms with Crippen LogP contribution in [-0.4, -0.2) is 38.4 Å². The van der Waals surface area contributed by atoms with Gasteiger partial charge in [0, 0.05) is 12.5 Å². The van der Waals surface area contributed by atoms with Crippen LogP contribution in [0.25, 0.3) is 0 Å². The molecule has 0 aliphatic heterocycles. The highest BCUT2D eigenvalue weighted by Gasteiger charge is 2.27. The van der Waals surface area contributed by atoms with Gasteiger partial charge in [-0.15, -0.1) is 0 Å². The van der Waals surface area contributed by atoms with Crippen molar-refractivity contribution in [1.29, 1.82) is 0 Å². The van der Waals surface area contributed by atoms with Crippen molar-refractivity contribution in [3.8, 4) is 0 Å². The molecule has 0 saturated carbocycles. The molecule has 0 aliphatic carbocycles. The molecule has 0 aliphatic rings. The van der Waals surface area contributed by atoms with Gasteiger partial charge in [-0.1, -0.05) is 12.1 Å². The van der Waals surface area contributed by atoms with E-state index in [-0.39, 0.29) is 6.04 Å². The lowest BCUT2D eigenvalue weighted by Gasteiger charge is -2.21. The number of hydrogen-bond donors (Lipinski definition) is 2. The third-order valence-electron chi connectivity index (χ3n) is 4.14. The van der Waals surface area contributed by atoms with Gasteiger partial charge in [-0.25, -0.2) is 12.8 Å². The first-order valence-electron chi connectivity index (χ1n) is 8.92. The molecule has 154 valence electrons. The number of benzene rings is 1. The minimum Gasteiger partial charge on any atom is -0.469 e. The van der Waals surface area contributed by atoms with E-state index in [1.807, 2.05) is 19.2 Å². The number of nitrogens with one attached hydrogen (secondary N) is 2. The van der Waals surface area contributed by atoms with Crippen molar-refractivity contribution in [2.24, 2.45) is 0 Å². The number of halogens is 1. The van der Waals surface area contributed by atoms with Gasteiger partial charge >= 0.3 is 0 Å². The molecule has 2 aromatic rings. The third-order valence-corrected chi connectivity index (χ3v) is 6.29. The Morgan fingerprint density at radius 1 is 1.21 bits per heavy atom. The Morgan fingerprint density at radius 2 is 1.96 bits per heavy atom. The minimum absolute atomic E-state index is 0.174. The number of amides is 1. The van der Waals surface area contributed by atoms with Crippen LogP contribution in [0.2, 0.25) is 0 Å². The van der Waals surface area contributed by atoms with E-state index in [0.29, 0.717) is 25.0 Å². The van der Waals surface area contributed by atoms with Gasteiger partial charge in [0.15, 0.2) is 0 Å². The second-order valence-electron chi connectivity index (χ2n) is 6.41. The van der Waals surface area contributed by atoms with Gasteiger partial charge in [0.2, 0.25) is 15.9 Å². The molecule has 0 bridgehead atoms. The molecule has 1 aromatic heterocycles. The molecule has 2 N–H and O–H groups in total. The van der Waals surface area contributed by atoms with E-state index >= 15 is 0 Å². The van der Waals surface area contributed by atoms with E-state index in [2.05, 4.69) is 10.0 Å². The molecule has 1 heterocycles. The van der Waals surface area contributed by atoms with Crippen molar-refractivity contribution in [2.45, 2.75) is 43.2 Å². The van der Waals surface area contributed by atoms with Crippen LogP contribution in [0.4, 0.5) is 4.39 Å². The van der Waals surface area contributed by atoms with Gasteiger partial charge in [0.25, 0.3) is 0 Å². The third kappa shape index (κ3) is 6.65. The van der Waals surface area contributed by atoms with Crippen LogP contribution in [0.1, 0.15) is 25.5 Å². The Kier molecular flexibility index (Phi) is 8.53. The number of rotatable bonds is 11. The van der Waals surface area contributed by atoms with E-state index in [0.717, 1.165) is 11.8 Å².